The summed E-state index contributed by atoms with van der Waals surface area (Å²) < 4.78 is 5.85. The van der Waals surface area contributed by atoms with Gasteiger partial charge in [0, 0.05) is 18.1 Å². The zero-order valence-corrected chi connectivity index (χ0v) is 16.4. The first-order valence-corrected chi connectivity index (χ1v) is 8.98. The molecule has 3 rings (SSSR count). The highest BCUT2D eigenvalue weighted by atomic mass is 35.5. The van der Waals surface area contributed by atoms with E-state index in [1.54, 1.807) is 0 Å². The van der Waals surface area contributed by atoms with Gasteiger partial charge in [0.2, 0.25) is 0 Å². The number of halogens is 2. The summed E-state index contributed by atoms with van der Waals surface area (Å²) in [7, 11) is 0. The molecule has 0 radical (unpaired) electrons. The van der Waals surface area contributed by atoms with E-state index in [1.165, 1.54) is 0 Å². The third-order valence-corrected chi connectivity index (χ3v) is 4.32. The van der Waals surface area contributed by atoms with Crippen LogP contribution >= 0.6 is 24.0 Å². The van der Waals surface area contributed by atoms with Gasteiger partial charge in [-0.25, -0.2) is 0 Å². The van der Waals surface area contributed by atoms with E-state index in [0.717, 1.165) is 27.5 Å². The van der Waals surface area contributed by atoms with Crippen molar-refractivity contribution in [2.24, 2.45) is 0 Å². The van der Waals surface area contributed by atoms with Gasteiger partial charge < -0.3 is 15.2 Å². The van der Waals surface area contributed by atoms with Crippen molar-refractivity contribution in [3.05, 3.63) is 101 Å². The minimum Gasteiger partial charge on any atom is -0.489 e. The molecule has 27 heavy (non-hydrogen) atoms. The Hall–Kier alpha value is -2.04. The van der Waals surface area contributed by atoms with Gasteiger partial charge in [0.25, 0.3) is 0 Å². The molecule has 3 nitrogen and oxygen atoms in total. The SMILES string of the molecule is Cl.OC(CNCc1cccc(OCc2ccc(Cl)cc2)c1)c1ccccc1. The molecule has 0 amide bonds. The van der Waals surface area contributed by atoms with Gasteiger partial charge in [0.1, 0.15) is 12.4 Å². The van der Waals surface area contributed by atoms with E-state index in [-0.39, 0.29) is 12.4 Å². The molecule has 142 valence electrons. The van der Waals surface area contributed by atoms with Crippen LogP contribution in [-0.4, -0.2) is 11.7 Å². The van der Waals surface area contributed by atoms with Gasteiger partial charge in [-0.3, -0.25) is 0 Å². The lowest BCUT2D eigenvalue weighted by Gasteiger charge is -2.13. The maximum atomic E-state index is 10.2. The Morgan fingerprint density at radius 2 is 1.63 bits per heavy atom. The average Bonchev–Trinajstić information content (AvgIpc) is 2.68. The topological polar surface area (TPSA) is 41.5 Å². The van der Waals surface area contributed by atoms with Gasteiger partial charge in [-0.15, -0.1) is 12.4 Å². The Bertz CT molecular complexity index is 810. The molecule has 0 aliphatic heterocycles. The minimum atomic E-state index is -0.513. The monoisotopic (exact) mass is 403 g/mol. The molecule has 1 unspecified atom stereocenters. The summed E-state index contributed by atoms with van der Waals surface area (Å²) in [5.74, 6) is 0.822. The fourth-order valence-corrected chi connectivity index (χ4v) is 2.76. The first kappa shape index (κ1) is 21.3. The number of ether oxygens (including phenoxy) is 1. The van der Waals surface area contributed by atoms with Crippen molar-refractivity contribution in [1.29, 1.82) is 0 Å². The van der Waals surface area contributed by atoms with Crippen molar-refractivity contribution in [3.63, 3.8) is 0 Å². The molecule has 0 aliphatic rings. The van der Waals surface area contributed by atoms with E-state index in [1.807, 2.05) is 78.9 Å². The van der Waals surface area contributed by atoms with Crippen LogP contribution in [0.3, 0.4) is 0 Å². The van der Waals surface area contributed by atoms with Gasteiger partial charge in [-0.05, 0) is 41.0 Å². The number of hydrogen-bond acceptors (Lipinski definition) is 3. The molecule has 2 N–H and O–H groups in total. The molecule has 0 saturated carbocycles. The number of benzene rings is 3. The summed E-state index contributed by atoms with van der Waals surface area (Å²) in [6, 6.07) is 25.3. The predicted octanol–water partition coefficient (Wildman–Crippen LogP) is 5.16. The maximum absolute atomic E-state index is 10.2. The fraction of sp³-hybridized carbons (Fsp3) is 0.182. The van der Waals surface area contributed by atoms with Crippen LogP contribution in [0.25, 0.3) is 0 Å². The molecule has 1 atom stereocenters. The van der Waals surface area contributed by atoms with E-state index in [0.29, 0.717) is 19.7 Å². The van der Waals surface area contributed by atoms with Crippen LogP contribution in [0.4, 0.5) is 0 Å². The zero-order chi connectivity index (χ0) is 18.2. The maximum Gasteiger partial charge on any atom is 0.120 e. The molecule has 5 heteroatoms. The van der Waals surface area contributed by atoms with Crippen molar-refractivity contribution in [2.75, 3.05) is 6.54 Å². The zero-order valence-electron chi connectivity index (χ0n) is 14.8. The first-order chi connectivity index (χ1) is 12.7. The van der Waals surface area contributed by atoms with E-state index in [2.05, 4.69) is 5.32 Å². The lowest BCUT2D eigenvalue weighted by Crippen LogP contribution is -2.21. The molecular formula is C22H23Cl2NO2. The number of rotatable bonds is 8. The molecular weight excluding hydrogens is 381 g/mol. The van der Waals surface area contributed by atoms with Crippen LogP contribution in [0.5, 0.6) is 5.75 Å². The van der Waals surface area contributed by atoms with E-state index < -0.39 is 6.10 Å². The van der Waals surface area contributed by atoms with Crippen LogP contribution in [0, 0.1) is 0 Å². The largest absolute Gasteiger partial charge is 0.489 e. The van der Waals surface area contributed by atoms with Gasteiger partial charge in [-0.1, -0.05) is 66.2 Å². The van der Waals surface area contributed by atoms with Gasteiger partial charge in [0.15, 0.2) is 0 Å². The summed E-state index contributed by atoms with van der Waals surface area (Å²) in [5.41, 5.74) is 3.10. The van der Waals surface area contributed by atoms with Crippen LogP contribution < -0.4 is 10.1 Å². The smallest absolute Gasteiger partial charge is 0.120 e. The van der Waals surface area contributed by atoms with Crippen molar-refractivity contribution in [1.82, 2.24) is 5.32 Å². The molecule has 3 aromatic rings. The lowest BCUT2D eigenvalue weighted by atomic mass is 10.1. The Labute approximate surface area is 171 Å². The summed E-state index contributed by atoms with van der Waals surface area (Å²) in [6.45, 7) is 1.67. The molecule has 0 aliphatic carbocycles. The summed E-state index contributed by atoms with van der Waals surface area (Å²) in [4.78, 5) is 0. The van der Waals surface area contributed by atoms with Gasteiger partial charge >= 0.3 is 0 Å². The molecule has 0 bridgehead atoms. The van der Waals surface area contributed by atoms with Crippen molar-refractivity contribution < 1.29 is 9.84 Å². The van der Waals surface area contributed by atoms with Crippen LogP contribution in [0.2, 0.25) is 5.02 Å². The van der Waals surface area contributed by atoms with Gasteiger partial charge in [-0.2, -0.15) is 0 Å². The van der Waals surface area contributed by atoms with E-state index >= 15 is 0 Å². The highest BCUT2D eigenvalue weighted by Gasteiger charge is 2.06. The standard InChI is InChI=1S/C22H22ClNO2.ClH/c23-20-11-9-17(10-12-20)16-26-21-8-4-5-18(13-21)14-24-15-22(25)19-6-2-1-3-7-19;/h1-13,22,24-25H,14-16H2;1H. The second-order valence-electron chi connectivity index (χ2n) is 6.12. The number of nitrogens with one attached hydrogen (secondary N) is 1. The Kier molecular flexibility index (Phi) is 8.62. The first-order valence-electron chi connectivity index (χ1n) is 8.60. The van der Waals surface area contributed by atoms with Crippen LogP contribution in [0.15, 0.2) is 78.9 Å². The molecule has 3 aromatic carbocycles. The quantitative estimate of drug-likeness (QED) is 0.545. The summed E-state index contributed by atoms with van der Waals surface area (Å²) in [6.07, 6.45) is -0.513. The normalized spacial score (nSPS) is 11.5. The van der Waals surface area contributed by atoms with Crippen molar-refractivity contribution >= 4 is 24.0 Å². The second-order valence-corrected chi connectivity index (χ2v) is 6.56. The molecule has 0 aromatic heterocycles. The number of aliphatic hydroxyl groups is 1. The van der Waals surface area contributed by atoms with Gasteiger partial charge in [0.05, 0.1) is 6.10 Å². The van der Waals surface area contributed by atoms with Crippen molar-refractivity contribution in [2.45, 2.75) is 19.3 Å². The van der Waals surface area contributed by atoms with E-state index in [4.69, 9.17) is 16.3 Å². The van der Waals surface area contributed by atoms with E-state index in [9.17, 15) is 5.11 Å². The highest BCUT2D eigenvalue weighted by molar-refractivity contribution is 6.30. The highest BCUT2D eigenvalue weighted by Crippen LogP contribution is 2.17. The third kappa shape index (κ3) is 6.89. The molecule has 0 fully saturated rings. The van der Waals surface area contributed by atoms with Crippen LogP contribution in [0.1, 0.15) is 22.8 Å². The molecule has 0 spiro atoms. The molecule has 0 heterocycles. The fourth-order valence-electron chi connectivity index (χ4n) is 2.64. The van der Waals surface area contributed by atoms with Crippen molar-refractivity contribution in [3.8, 4) is 5.75 Å². The Balaban J connectivity index is 0.00000261. The minimum absolute atomic E-state index is 0. The second kappa shape index (κ2) is 11.0. The lowest BCUT2D eigenvalue weighted by molar-refractivity contribution is 0.174. The van der Waals surface area contributed by atoms with Crippen LogP contribution in [-0.2, 0) is 13.2 Å². The Morgan fingerprint density at radius 3 is 2.37 bits per heavy atom. The predicted molar refractivity (Wildman–Crippen MR) is 113 cm³/mol. The number of aliphatic hydroxyl groups excluding tert-OH is 1. The number of hydrogen-bond donors (Lipinski definition) is 2. The summed E-state index contributed by atoms with van der Waals surface area (Å²) in [5, 5.41) is 14.2. The Morgan fingerprint density at radius 1 is 0.889 bits per heavy atom. The third-order valence-electron chi connectivity index (χ3n) is 4.07. The average molecular weight is 404 g/mol. The summed E-state index contributed by atoms with van der Waals surface area (Å²) >= 11 is 5.89. The molecule has 0 saturated heterocycles.